The van der Waals surface area contributed by atoms with Crippen molar-refractivity contribution in [1.82, 2.24) is 0 Å². The highest BCUT2D eigenvalue weighted by molar-refractivity contribution is 7.99. The number of hydrogen-bond donors (Lipinski definition) is 0. The molecule has 2 aromatic carbocycles. The van der Waals surface area contributed by atoms with E-state index in [0.29, 0.717) is 35.8 Å². The summed E-state index contributed by atoms with van der Waals surface area (Å²) >= 11 is 1.51. The summed E-state index contributed by atoms with van der Waals surface area (Å²) in [5, 5.41) is 7.93. The number of Topliss-reactive ketones (excluding diaryl/α,β-unsaturated/α-hetero) is 2. The van der Waals surface area contributed by atoms with Crippen LogP contribution in [0.1, 0.15) is 112 Å². The van der Waals surface area contributed by atoms with E-state index in [1.54, 1.807) is 38.1 Å². The second kappa shape index (κ2) is 16.3. The molecule has 0 unspecified atom stereocenters. The Morgan fingerprint density at radius 3 is 1.30 bits per heavy atom. The first kappa shape index (κ1) is 32.3. The molecule has 2 aromatic rings. The van der Waals surface area contributed by atoms with Crippen molar-refractivity contribution >= 4 is 46.7 Å². The Balaban J connectivity index is 1.41. The zero-order valence-electron chi connectivity index (χ0n) is 25.0. The number of hydrogen-bond acceptors (Lipinski definition) is 9. The van der Waals surface area contributed by atoms with E-state index in [2.05, 4.69) is 10.3 Å². The maximum atomic E-state index is 13.3. The highest BCUT2D eigenvalue weighted by atomic mass is 32.2. The van der Waals surface area contributed by atoms with Crippen LogP contribution in [0.25, 0.3) is 0 Å². The van der Waals surface area contributed by atoms with Crippen molar-refractivity contribution < 1.29 is 28.9 Å². The number of nitrogens with zero attached hydrogens (tertiary/aromatic N) is 2. The quantitative estimate of drug-likeness (QED) is 0.0930. The fourth-order valence-corrected chi connectivity index (χ4v) is 6.29. The first-order valence-electron chi connectivity index (χ1n) is 15.4. The fourth-order valence-electron chi connectivity index (χ4n) is 5.48. The van der Waals surface area contributed by atoms with Crippen LogP contribution >= 0.6 is 11.8 Å². The lowest BCUT2D eigenvalue weighted by atomic mass is 9.96. The molecule has 0 aliphatic heterocycles. The van der Waals surface area contributed by atoms with E-state index in [1.165, 1.54) is 11.8 Å². The zero-order valence-corrected chi connectivity index (χ0v) is 25.8. The van der Waals surface area contributed by atoms with Crippen molar-refractivity contribution in [2.75, 3.05) is 0 Å². The molecule has 0 N–H and O–H groups in total. The minimum Gasteiger partial charge on any atom is -0.318 e. The SMILES string of the molecule is CCC(=O)O/N=C(\CC1CCCC1)C(=O)c1ccc(Sc2ccc(C(=O)/C(CC3CCCC3)=N/OC(=O)CC)cc2)cc1. The largest absolute Gasteiger partial charge is 0.334 e. The average Bonchev–Trinajstić information content (AvgIpc) is 3.75. The van der Waals surface area contributed by atoms with E-state index < -0.39 is 11.9 Å². The fraction of sp³-hybridized carbons (Fsp3) is 0.471. The van der Waals surface area contributed by atoms with Gasteiger partial charge >= 0.3 is 11.9 Å². The molecule has 0 bridgehead atoms. The van der Waals surface area contributed by atoms with Crippen molar-refractivity contribution in [2.24, 2.45) is 22.1 Å². The second-order valence-electron chi connectivity index (χ2n) is 11.2. The minimum absolute atomic E-state index is 0.194. The van der Waals surface area contributed by atoms with Gasteiger partial charge in [-0.15, -0.1) is 0 Å². The molecule has 0 aromatic heterocycles. The van der Waals surface area contributed by atoms with Gasteiger partial charge in [0.1, 0.15) is 11.4 Å². The molecule has 2 fully saturated rings. The van der Waals surface area contributed by atoms with Crippen LogP contribution in [0.15, 0.2) is 68.6 Å². The number of carbonyl (C=O) groups excluding carboxylic acids is 4. The number of rotatable bonds is 14. The van der Waals surface area contributed by atoms with Crippen molar-refractivity contribution in [1.29, 1.82) is 0 Å². The first-order valence-corrected chi connectivity index (χ1v) is 16.2. The van der Waals surface area contributed by atoms with Crippen LogP contribution in [0.4, 0.5) is 0 Å². The van der Waals surface area contributed by atoms with E-state index in [4.69, 9.17) is 9.68 Å². The summed E-state index contributed by atoms with van der Waals surface area (Å²) in [5.74, 6) is -0.625. The van der Waals surface area contributed by atoms with Crippen LogP contribution in [0.2, 0.25) is 0 Å². The molecule has 9 heteroatoms. The van der Waals surface area contributed by atoms with Crippen LogP contribution in [-0.2, 0) is 19.3 Å². The lowest BCUT2D eigenvalue weighted by molar-refractivity contribution is -0.144. The van der Waals surface area contributed by atoms with Gasteiger partial charge in [0.05, 0.1) is 0 Å². The summed E-state index contributed by atoms with van der Waals surface area (Å²) in [6.45, 7) is 3.38. The van der Waals surface area contributed by atoms with Crippen LogP contribution in [-0.4, -0.2) is 34.9 Å². The summed E-state index contributed by atoms with van der Waals surface area (Å²) in [4.78, 5) is 61.7. The molecule has 4 rings (SSSR count). The molecule has 0 amide bonds. The normalized spacial score (nSPS) is 16.3. The van der Waals surface area contributed by atoms with Crippen LogP contribution in [0.5, 0.6) is 0 Å². The third-order valence-corrected chi connectivity index (χ3v) is 9.01. The van der Waals surface area contributed by atoms with Gasteiger partial charge in [0.25, 0.3) is 0 Å². The molecule has 0 saturated heterocycles. The molecule has 2 saturated carbocycles. The third-order valence-electron chi connectivity index (χ3n) is 8.00. The number of benzene rings is 2. The molecule has 43 heavy (non-hydrogen) atoms. The van der Waals surface area contributed by atoms with Crippen molar-refractivity contribution in [2.45, 2.75) is 101 Å². The topological polar surface area (TPSA) is 111 Å². The Morgan fingerprint density at radius 2 is 0.977 bits per heavy atom. The monoisotopic (exact) mass is 604 g/mol. The Hall–Kier alpha value is -3.59. The predicted octanol–water partition coefficient (Wildman–Crippen LogP) is 7.98. The summed E-state index contributed by atoms with van der Waals surface area (Å²) in [7, 11) is 0. The van der Waals surface area contributed by atoms with Gasteiger partial charge in [-0.05, 0) is 73.2 Å². The molecule has 2 aliphatic carbocycles. The standard InChI is InChI=1S/C34H40N2O6S/c1-3-31(37)41-35-29(21-23-9-5-6-10-23)33(39)25-13-17-27(18-14-25)43-28-19-15-26(16-20-28)34(40)30(36-42-32(38)4-2)22-24-11-7-8-12-24/h13-20,23-24H,3-12,21-22H2,1-2H3/b35-29+,36-30+. The summed E-state index contributed by atoms with van der Waals surface area (Å²) in [6.07, 6.45) is 10.2. The molecule has 0 spiro atoms. The maximum Gasteiger partial charge on any atom is 0.334 e. The van der Waals surface area contributed by atoms with E-state index >= 15 is 0 Å². The van der Waals surface area contributed by atoms with Crippen molar-refractivity contribution in [3.05, 3.63) is 59.7 Å². The molecular weight excluding hydrogens is 564 g/mol. The van der Waals surface area contributed by atoms with E-state index in [-0.39, 0.29) is 35.8 Å². The smallest absolute Gasteiger partial charge is 0.318 e. The predicted molar refractivity (Wildman–Crippen MR) is 166 cm³/mol. The second-order valence-corrected chi connectivity index (χ2v) is 12.4. The van der Waals surface area contributed by atoms with Crippen molar-refractivity contribution in [3.8, 4) is 0 Å². The molecule has 0 radical (unpaired) electrons. The van der Waals surface area contributed by atoms with Crippen LogP contribution < -0.4 is 0 Å². The highest BCUT2D eigenvalue weighted by Crippen LogP contribution is 2.31. The summed E-state index contributed by atoms with van der Waals surface area (Å²) in [6, 6.07) is 14.5. The van der Waals surface area contributed by atoms with E-state index in [0.717, 1.165) is 61.2 Å². The molecule has 8 nitrogen and oxygen atoms in total. The van der Waals surface area contributed by atoms with E-state index in [1.807, 2.05) is 24.3 Å². The summed E-state index contributed by atoms with van der Waals surface area (Å²) < 4.78 is 0. The Bertz CT molecular complexity index is 1230. The zero-order chi connectivity index (χ0) is 30.6. The van der Waals surface area contributed by atoms with Gasteiger partial charge in [0.15, 0.2) is 0 Å². The molecular formula is C34H40N2O6S. The van der Waals surface area contributed by atoms with Gasteiger partial charge < -0.3 is 9.68 Å². The van der Waals surface area contributed by atoms with E-state index in [9.17, 15) is 19.2 Å². The number of oxime groups is 2. The summed E-state index contributed by atoms with van der Waals surface area (Å²) in [5.41, 5.74) is 1.56. The lowest BCUT2D eigenvalue weighted by Gasteiger charge is -2.11. The Labute approximate surface area is 257 Å². The first-order chi connectivity index (χ1) is 20.9. The average molecular weight is 605 g/mol. The highest BCUT2D eigenvalue weighted by Gasteiger charge is 2.25. The molecule has 228 valence electrons. The Kier molecular flexibility index (Phi) is 12.3. The van der Waals surface area contributed by atoms with Crippen LogP contribution in [0.3, 0.4) is 0 Å². The van der Waals surface area contributed by atoms with Crippen LogP contribution in [0, 0.1) is 11.8 Å². The van der Waals surface area contributed by atoms with Gasteiger partial charge in [0.2, 0.25) is 11.6 Å². The Morgan fingerprint density at radius 1 is 0.628 bits per heavy atom. The number of ketones is 2. The molecule has 0 atom stereocenters. The molecule has 2 aliphatic rings. The third kappa shape index (κ3) is 9.71. The number of carbonyl (C=O) groups is 4. The van der Waals surface area contributed by atoms with Gasteiger partial charge in [-0.25, -0.2) is 9.59 Å². The molecule has 0 heterocycles. The minimum atomic E-state index is -0.464. The van der Waals surface area contributed by atoms with Gasteiger partial charge in [-0.2, -0.15) is 0 Å². The maximum absolute atomic E-state index is 13.3. The van der Waals surface area contributed by atoms with Gasteiger partial charge in [0, 0.05) is 33.8 Å². The lowest BCUT2D eigenvalue weighted by Crippen LogP contribution is -2.19. The van der Waals surface area contributed by atoms with Crippen molar-refractivity contribution in [3.63, 3.8) is 0 Å². The van der Waals surface area contributed by atoms with Gasteiger partial charge in [-0.1, -0.05) is 87.3 Å². The van der Waals surface area contributed by atoms with Gasteiger partial charge in [-0.3, -0.25) is 9.59 Å².